The molecule has 5 heteroatoms. The van der Waals surface area contributed by atoms with Crippen molar-refractivity contribution in [2.24, 2.45) is 0 Å². The van der Waals surface area contributed by atoms with Gasteiger partial charge in [-0.15, -0.1) is 0 Å². The van der Waals surface area contributed by atoms with Crippen molar-refractivity contribution in [1.29, 1.82) is 0 Å². The number of nitro benzene ring substituents is 1. The summed E-state index contributed by atoms with van der Waals surface area (Å²) in [5, 5.41) is 10.8. The van der Waals surface area contributed by atoms with Crippen molar-refractivity contribution in [1.82, 2.24) is 9.97 Å². The molecule has 0 spiro atoms. The van der Waals surface area contributed by atoms with Gasteiger partial charge in [0.15, 0.2) is 0 Å². The lowest BCUT2D eigenvalue weighted by atomic mass is 10.1. The van der Waals surface area contributed by atoms with Gasteiger partial charge in [0, 0.05) is 12.3 Å². The van der Waals surface area contributed by atoms with Crippen LogP contribution in [0.1, 0.15) is 0 Å². The summed E-state index contributed by atoms with van der Waals surface area (Å²) < 4.78 is 0. The Morgan fingerprint density at radius 3 is 2.67 bits per heavy atom. The smallest absolute Gasteiger partial charge is 0.258 e. The van der Waals surface area contributed by atoms with E-state index in [0.29, 0.717) is 11.3 Å². The highest BCUT2D eigenvalue weighted by atomic mass is 16.6. The first-order valence-corrected chi connectivity index (χ1v) is 4.29. The molecule has 0 aliphatic carbocycles. The third-order valence-electron chi connectivity index (χ3n) is 1.96. The predicted molar refractivity (Wildman–Crippen MR) is 54.1 cm³/mol. The molecule has 0 saturated heterocycles. The fraction of sp³-hybridized carbons (Fsp3) is 0. The maximum absolute atomic E-state index is 10.8. The van der Waals surface area contributed by atoms with E-state index in [2.05, 4.69) is 9.97 Å². The third kappa shape index (κ3) is 1.80. The second kappa shape index (κ2) is 3.83. The second-order valence-corrected chi connectivity index (χ2v) is 2.87. The first-order chi connectivity index (χ1) is 7.29. The molecule has 0 radical (unpaired) electrons. The molecule has 0 N–H and O–H groups in total. The van der Waals surface area contributed by atoms with Gasteiger partial charge in [0.1, 0.15) is 6.33 Å². The second-order valence-electron chi connectivity index (χ2n) is 2.87. The molecular weight excluding hydrogens is 194 g/mol. The quantitative estimate of drug-likeness (QED) is 0.550. The molecule has 0 bridgehead atoms. The Bertz CT molecular complexity index is 485. The fourth-order valence-corrected chi connectivity index (χ4v) is 1.30. The Morgan fingerprint density at radius 2 is 2.00 bits per heavy atom. The van der Waals surface area contributed by atoms with E-state index in [-0.39, 0.29) is 5.69 Å². The van der Waals surface area contributed by atoms with Gasteiger partial charge < -0.3 is 0 Å². The third-order valence-corrected chi connectivity index (χ3v) is 1.96. The largest absolute Gasteiger partial charge is 0.278 e. The Balaban J connectivity index is 2.58. The van der Waals surface area contributed by atoms with Gasteiger partial charge in [0.05, 0.1) is 16.2 Å². The molecule has 0 fully saturated rings. The molecule has 0 atom stereocenters. The van der Waals surface area contributed by atoms with E-state index in [1.807, 2.05) is 0 Å². The minimum atomic E-state index is -0.419. The van der Waals surface area contributed by atoms with Crippen LogP contribution in [0.15, 0.2) is 42.9 Å². The van der Waals surface area contributed by atoms with Gasteiger partial charge in [-0.1, -0.05) is 12.1 Å². The first-order valence-electron chi connectivity index (χ1n) is 4.29. The molecule has 1 aromatic heterocycles. The van der Waals surface area contributed by atoms with Crippen molar-refractivity contribution >= 4 is 5.69 Å². The van der Waals surface area contributed by atoms with Crippen LogP contribution in [0.25, 0.3) is 11.3 Å². The zero-order valence-electron chi connectivity index (χ0n) is 7.70. The van der Waals surface area contributed by atoms with Gasteiger partial charge in [-0.05, 0) is 12.1 Å². The lowest BCUT2D eigenvalue weighted by molar-refractivity contribution is -0.384. The number of benzene rings is 1. The summed E-state index contributed by atoms with van der Waals surface area (Å²) in [6.07, 6.45) is 2.92. The number of nitro groups is 1. The van der Waals surface area contributed by atoms with Crippen LogP contribution in [0, 0.1) is 10.1 Å². The topological polar surface area (TPSA) is 68.9 Å². The van der Waals surface area contributed by atoms with Crippen molar-refractivity contribution in [3.63, 3.8) is 0 Å². The number of nitrogens with zero attached hydrogens (tertiary/aromatic N) is 3. The van der Waals surface area contributed by atoms with Crippen LogP contribution in [0.5, 0.6) is 0 Å². The van der Waals surface area contributed by atoms with Crippen molar-refractivity contribution in [3.05, 3.63) is 53.0 Å². The Kier molecular flexibility index (Phi) is 2.37. The normalized spacial score (nSPS) is 9.87. The highest BCUT2D eigenvalue weighted by Gasteiger charge is 2.14. The van der Waals surface area contributed by atoms with Crippen LogP contribution in [0.3, 0.4) is 0 Å². The molecule has 0 amide bonds. The number of rotatable bonds is 2. The highest BCUT2D eigenvalue weighted by Crippen LogP contribution is 2.26. The van der Waals surface area contributed by atoms with Crippen LogP contribution in [-0.4, -0.2) is 14.9 Å². The van der Waals surface area contributed by atoms with Gasteiger partial charge in [-0.2, -0.15) is 0 Å². The van der Waals surface area contributed by atoms with Gasteiger partial charge in [-0.25, -0.2) is 9.97 Å². The van der Waals surface area contributed by atoms with Crippen molar-refractivity contribution in [2.45, 2.75) is 0 Å². The van der Waals surface area contributed by atoms with E-state index >= 15 is 0 Å². The summed E-state index contributed by atoms with van der Waals surface area (Å²) in [7, 11) is 0. The van der Waals surface area contributed by atoms with E-state index < -0.39 is 4.92 Å². The van der Waals surface area contributed by atoms with Crippen LogP contribution in [0.4, 0.5) is 5.69 Å². The van der Waals surface area contributed by atoms with Crippen LogP contribution < -0.4 is 0 Å². The first kappa shape index (κ1) is 9.26. The minimum absolute atomic E-state index is 0.0520. The molecule has 0 aliphatic heterocycles. The molecule has 2 aromatic rings. The van der Waals surface area contributed by atoms with Crippen LogP contribution in [0.2, 0.25) is 0 Å². The number of hydrogen-bond acceptors (Lipinski definition) is 4. The standard InChI is InChI=1S/C10H7N3O2/c14-13(15)10-4-2-1-3-8(10)9-5-6-11-7-12-9/h1-7H. The maximum atomic E-state index is 10.8. The molecule has 2 rings (SSSR count). The number of hydrogen-bond donors (Lipinski definition) is 0. The van der Waals surface area contributed by atoms with E-state index in [0.717, 1.165) is 0 Å². The van der Waals surface area contributed by atoms with Crippen molar-refractivity contribution < 1.29 is 4.92 Å². The SMILES string of the molecule is O=[N+]([O-])c1ccccc1-c1ccncn1. The average molecular weight is 201 g/mol. The maximum Gasteiger partial charge on any atom is 0.278 e. The zero-order valence-corrected chi connectivity index (χ0v) is 7.70. The lowest BCUT2D eigenvalue weighted by Gasteiger charge is -2.00. The minimum Gasteiger partial charge on any atom is -0.258 e. The van der Waals surface area contributed by atoms with E-state index in [9.17, 15) is 10.1 Å². The molecule has 0 unspecified atom stereocenters. The van der Waals surface area contributed by atoms with E-state index in [1.54, 1.807) is 30.5 Å². The Hall–Kier alpha value is -2.30. The summed E-state index contributed by atoms with van der Waals surface area (Å²) in [6.45, 7) is 0. The van der Waals surface area contributed by atoms with Crippen LogP contribution >= 0.6 is 0 Å². The highest BCUT2D eigenvalue weighted by molar-refractivity contribution is 5.69. The van der Waals surface area contributed by atoms with Crippen molar-refractivity contribution in [3.8, 4) is 11.3 Å². The van der Waals surface area contributed by atoms with Gasteiger partial charge >= 0.3 is 0 Å². The molecule has 0 saturated carbocycles. The Morgan fingerprint density at radius 1 is 1.20 bits per heavy atom. The average Bonchev–Trinajstić information content (AvgIpc) is 2.30. The summed E-state index contributed by atoms with van der Waals surface area (Å²) in [5.41, 5.74) is 1.11. The molecular formula is C10H7N3O2. The fourth-order valence-electron chi connectivity index (χ4n) is 1.30. The van der Waals surface area contributed by atoms with E-state index in [4.69, 9.17) is 0 Å². The monoisotopic (exact) mass is 201 g/mol. The van der Waals surface area contributed by atoms with E-state index in [1.165, 1.54) is 12.4 Å². The van der Waals surface area contributed by atoms with Crippen molar-refractivity contribution in [2.75, 3.05) is 0 Å². The number of para-hydroxylation sites is 1. The van der Waals surface area contributed by atoms with Crippen LogP contribution in [-0.2, 0) is 0 Å². The summed E-state index contributed by atoms with van der Waals surface area (Å²) in [6, 6.07) is 8.13. The molecule has 0 aliphatic rings. The van der Waals surface area contributed by atoms with Gasteiger partial charge in [0.2, 0.25) is 0 Å². The lowest BCUT2D eigenvalue weighted by Crippen LogP contribution is -1.92. The summed E-state index contributed by atoms with van der Waals surface area (Å²) in [5.74, 6) is 0. The predicted octanol–water partition coefficient (Wildman–Crippen LogP) is 2.05. The summed E-state index contributed by atoms with van der Waals surface area (Å²) in [4.78, 5) is 18.1. The molecule has 5 nitrogen and oxygen atoms in total. The Labute approximate surface area is 85.6 Å². The molecule has 1 aromatic carbocycles. The summed E-state index contributed by atoms with van der Waals surface area (Å²) >= 11 is 0. The van der Waals surface area contributed by atoms with Gasteiger partial charge in [0.25, 0.3) is 5.69 Å². The zero-order chi connectivity index (χ0) is 10.7. The van der Waals surface area contributed by atoms with Gasteiger partial charge in [-0.3, -0.25) is 10.1 Å². The molecule has 15 heavy (non-hydrogen) atoms. The molecule has 1 heterocycles. The molecule has 74 valence electrons. The number of aromatic nitrogens is 2.